The minimum atomic E-state index is -1.02. The number of nitrogens with zero attached hydrogens (tertiary/aromatic N) is 2. The zero-order chi connectivity index (χ0) is 20.8. The largest absolute Gasteiger partial charge is 0.454 e. The van der Waals surface area contributed by atoms with Crippen molar-refractivity contribution in [2.75, 3.05) is 12.9 Å². The van der Waals surface area contributed by atoms with Crippen LogP contribution in [-0.2, 0) is 27.8 Å². The first-order valence-electron chi connectivity index (χ1n) is 9.03. The first kappa shape index (κ1) is 20.5. The van der Waals surface area contributed by atoms with Crippen LogP contribution in [-0.4, -0.2) is 33.4 Å². The standard InChI is InChI=1S/C22H20N2O4S/c1-29(27)15-16-6-4-7-17(12-16)22(26)28-14-21(25)19-13-24(11-5-10-23)20-9-3-2-8-18(19)20/h2-4,6-9,12-13H,5,11,14-15H2,1H3. The number of ketones is 1. The highest BCUT2D eigenvalue weighted by Gasteiger charge is 2.17. The van der Waals surface area contributed by atoms with E-state index in [2.05, 4.69) is 6.07 Å². The Hall–Kier alpha value is -3.24. The highest BCUT2D eigenvalue weighted by atomic mass is 32.2. The third-order valence-electron chi connectivity index (χ3n) is 4.42. The molecule has 0 radical (unpaired) electrons. The summed E-state index contributed by atoms with van der Waals surface area (Å²) in [5.41, 5.74) is 2.41. The predicted molar refractivity (Wildman–Crippen MR) is 111 cm³/mol. The number of hydrogen-bond donors (Lipinski definition) is 0. The molecular formula is C22H20N2O4S. The van der Waals surface area contributed by atoms with Crippen molar-refractivity contribution in [2.45, 2.75) is 18.7 Å². The minimum Gasteiger partial charge on any atom is -0.454 e. The second-order valence-corrected chi connectivity index (χ2v) is 8.01. The van der Waals surface area contributed by atoms with E-state index in [9.17, 15) is 13.8 Å². The molecule has 0 fully saturated rings. The Labute approximate surface area is 171 Å². The van der Waals surface area contributed by atoms with Crippen LogP contribution >= 0.6 is 0 Å². The molecule has 0 N–H and O–H groups in total. The Kier molecular flexibility index (Phi) is 6.57. The van der Waals surface area contributed by atoms with Crippen molar-refractivity contribution in [3.05, 3.63) is 71.4 Å². The fourth-order valence-electron chi connectivity index (χ4n) is 3.14. The van der Waals surface area contributed by atoms with Crippen molar-refractivity contribution < 1.29 is 18.5 Å². The molecule has 6 nitrogen and oxygen atoms in total. The number of nitriles is 1. The van der Waals surface area contributed by atoms with Gasteiger partial charge in [0.25, 0.3) is 0 Å². The van der Waals surface area contributed by atoms with Crippen LogP contribution in [0.1, 0.15) is 32.7 Å². The molecule has 0 saturated heterocycles. The van der Waals surface area contributed by atoms with Gasteiger partial charge in [-0.25, -0.2) is 4.79 Å². The average Bonchev–Trinajstić information content (AvgIpc) is 3.09. The molecule has 1 unspecified atom stereocenters. The number of ether oxygens (including phenoxy) is 1. The smallest absolute Gasteiger partial charge is 0.338 e. The summed E-state index contributed by atoms with van der Waals surface area (Å²) in [4.78, 5) is 25.0. The third kappa shape index (κ3) is 4.98. The summed E-state index contributed by atoms with van der Waals surface area (Å²) in [5.74, 6) is -0.561. The van der Waals surface area contributed by atoms with Gasteiger partial charge in [-0.2, -0.15) is 5.26 Å². The van der Waals surface area contributed by atoms with Gasteiger partial charge in [0.05, 0.1) is 18.1 Å². The van der Waals surface area contributed by atoms with E-state index in [1.54, 1.807) is 36.7 Å². The normalized spacial score (nSPS) is 11.7. The number of hydrogen-bond acceptors (Lipinski definition) is 5. The lowest BCUT2D eigenvalue weighted by Crippen LogP contribution is -2.14. The zero-order valence-electron chi connectivity index (χ0n) is 16.0. The molecule has 1 heterocycles. The van der Waals surface area contributed by atoms with E-state index in [4.69, 9.17) is 10.00 Å². The molecule has 0 amide bonds. The maximum atomic E-state index is 12.7. The van der Waals surface area contributed by atoms with Crippen LogP contribution < -0.4 is 0 Å². The Balaban J connectivity index is 1.73. The second-order valence-electron chi connectivity index (χ2n) is 6.58. The van der Waals surface area contributed by atoms with Crippen LogP contribution in [0.25, 0.3) is 10.9 Å². The molecule has 0 saturated carbocycles. The summed E-state index contributed by atoms with van der Waals surface area (Å²) in [6, 6.07) is 16.2. The average molecular weight is 408 g/mol. The lowest BCUT2D eigenvalue weighted by Gasteiger charge is -2.06. The van der Waals surface area contributed by atoms with Crippen LogP contribution in [0.3, 0.4) is 0 Å². The number of carbonyl (C=O) groups is 2. The van der Waals surface area contributed by atoms with E-state index in [0.717, 1.165) is 16.5 Å². The zero-order valence-corrected chi connectivity index (χ0v) is 16.8. The van der Waals surface area contributed by atoms with E-state index in [1.165, 1.54) is 0 Å². The molecule has 1 atom stereocenters. The van der Waals surface area contributed by atoms with Crippen LogP contribution in [0.4, 0.5) is 0 Å². The van der Waals surface area contributed by atoms with E-state index >= 15 is 0 Å². The van der Waals surface area contributed by atoms with Crippen molar-refractivity contribution in [2.24, 2.45) is 0 Å². The summed E-state index contributed by atoms with van der Waals surface area (Å²) in [5, 5.41) is 9.60. The summed E-state index contributed by atoms with van der Waals surface area (Å²) in [7, 11) is -1.02. The highest BCUT2D eigenvalue weighted by Crippen LogP contribution is 2.22. The van der Waals surface area contributed by atoms with Crippen molar-refractivity contribution >= 4 is 33.5 Å². The number of benzene rings is 2. The molecule has 0 bridgehead atoms. The lowest BCUT2D eigenvalue weighted by atomic mass is 10.1. The van der Waals surface area contributed by atoms with Crippen molar-refractivity contribution in [1.29, 1.82) is 5.26 Å². The molecule has 0 aliphatic rings. The Morgan fingerprint density at radius 2 is 1.97 bits per heavy atom. The number of esters is 1. The van der Waals surface area contributed by atoms with E-state index < -0.39 is 16.8 Å². The van der Waals surface area contributed by atoms with Crippen LogP contribution in [0.2, 0.25) is 0 Å². The number of carbonyl (C=O) groups excluding carboxylic acids is 2. The van der Waals surface area contributed by atoms with Crippen LogP contribution in [0.5, 0.6) is 0 Å². The van der Waals surface area contributed by atoms with Gasteiger partial charge < -0.3 is 9.30 Å². The number of aromatic nitrogens is 1. The summed E-state index contributed by atoms with van der Waals surface area (Å²) < 4.78 is 18.5. The monoisotopic (exact) mass is 408 g/mol. The van der Waals surface area contributed by atoms with E-state index in [-0.39, 0.29) is 12.4 Å². The molecule has 0 aliphatic heterocycles. The third-order valence-corrected chi connectivity index (χ3v) is 5.16. The number of Topliss-reactive ketones (excluding diaryl/α,β-unsaturated/α-hetero) is 1. The quantitative estimate of drug-likeness (QED) is 0.421. The maximum absolute atomic E-state index is 12.7. The van der Waals surface area contributed by atoms with Crippen molar-refractivity contribution in [3.63, 3.8) is 0 Å². The summed E-state index contributed by atoms with van der Waals surface area (Å²) >= 11 is 0. The van der Waals surface area contributed by atoms with Crippen molar-refractivity contribution in [1.82, 2.24) is 4.57 Å². The lowest BCUT2D eigenvalue weighted by molar-refractivity contribution is 0.0475. The van der Waals surface area contributed by atoms with Crippen molar-refractivity contribution in [3.8, 4) is 6.07 Å². The molecule has 7 heteroatoms. The van der Waals surface area contributed by atoms with Gasteiger partial charge in [0.15, 0.2) is 6.61 Å². The number of para-hydroxylation sites is 1. The first-order chi connectivity index (χ1) is 14.0. The summed E-state index contributed by atoms with van der Waals surface area (Å²) in [6.07, 6.45) is 3.63. The van der Waals surface area contributed by atoms with Gasteiger partial charge in [0, 0.05) is 52.0 Å². The topological polar surface area (TPSA) is 89.2 Å². The van der Waals surface area contributed by atoms with Gasteiger partial charge in [-0.3, -0.25) is 9.00 Å². The number of rotatable bonds is 8. The Morgan fingerprint density at radius 1 is 1.17 bits per heavy atom. The molecule has 3 aromatic rings. The Bertz CT molecular complexity index is 1130. The van der Waals surface area contributed by atoms with E-state index in [1.807, 2.05) is 28.8 Å². The Morgan fingerprint density at radius 3 is 2.72 bits per heavy atom. The van der Waals surface area contributed by atoms with Gasteiger partial charge in [-0.05, 0) is 23.8 Å². The number of aryl methyl sites for hydroxylation is 1. The SMILES string of the molecule is CS(=O)Cc1cccc(C(=O)OCC(=O)c2cn(CCC#N)c3ccccc23)c1. The minimum absolute atomic E-state index is 0.309. The first-order valence-corrected chi connectivity index (χ1v) is 10.8. The fourth-order valence-corrected chi connectivity index (χ4v) is 3.79. The maximum Gasteiger partial charge on any atom is 0.338 e. The molecule has 1 aromatic heterocycles. The molecule has 148 valence electrons. The van der Waals surface area contributed by atoms with Gasteiger partial charge in [-0.1, -0.05) is 30.3 Å². The molecule has 0 spiro atoms. The summed E-state index contributed by atoms with van der Waals surface area (Å²) in [6.45, 7) is 0.102. The molecular weight excluding hydrogens is 388 g/mol. The van der Waals surface area contributed by atoms with Gasteiger partial charge in [-0.15, -0.1) is 0 Å². The predicted octanol–water partition coefficient (Wildman–Crippen LogP) is 3.47. The molecule has 29 heavy (non-hydrogen) atoms. The fraction of sp³-hybridized carbons (Fsp3) is 0.227. The van der Waals surface area contributed by atoms with E-state index in [0.29, 0.717) is 29.8 Å². The van der Waals surface area contributed by atoms with Gasteiger partial charge in [0.2, 0.25) is 5.78 Å². The molecule has 2 aromatic carbocycles. The van der Waals surface area contributed by atoms with Crippen LogP contribution in [0, 0.1) is 11.3 Å². The van der Waals surface area contributed by atoms with Crippen LogP contribution in [0.15, 0.2) is 54.7 Å². The second kappa shape index (κ2) is 9.30. The van der Waals surface area contributed by atoms with Gasteiger partial charge in [0.1, 0.15) is 0 Å². The van der Waals surface area contributed by atoms with Gasteiger partial charge >= 0.3 is 5.97 Å². The molecule has 0 aliphatic carbocycles. The number of fused-ring (bicyclic) bond motifs is 1. The molecule has 3 rings (SSSR count). The highest BCUT2D eigenvalue weighted by molar-refractivity contribution is 7.83.